The third-order valence-corrected chi connectivity index (χ3v) is 7.55. The van der Waals surface area contributed by atoms with E-state index in [0.29, 0.717) is 12.0 Å². The Morgan fingerprint density at radius 2 is 1.95 bits per heavy atom. The Balaban J connectivity index is 2.39. The average Bonchev–Trinajstić information content (AvgIpc) is 2.70. The summed E-state index contributed by atoms with van der Waals surface area (Å²) in [5.41, 5.74) is 0.673. The number of hydrogen-bond acceptors (Lipinski definition) is 4. The molecular weight excluding hydrogens is 298 g/mol. The lowest BCUT2D eigenvalue weighted by Gasteiger charge is -2.26. The van der Waals surface area contributed by atoms with Crippen molar-refractivity contribution < 1.29 is 16.8 Å². The molecule has 7 heteroatoms. The van der Waals surface area contributed by atoms with E-state index >= 15 is 0 Å². The first kappa shape index (κ1) is 15.5. The predicted molar refractivity (Wildman–Crippen MR) is 77.8 cm³/mol. The van der Waals surface area contributed by atoms with E-state index in [-0.39, 0.29) is 22.9 Å². The van der Waals surface area contributed by atoms with E-state index in [1.54, 1.807) is 38.1 Å². The summed E-state index contributed by atoms with van der Waals surface area (Å²) < 4.78 is 49.9. The molecule has 5 nitrogen and oxygen atoms in total. The lowest BCUT2D eigenvalue weighted by Crippen LogP contribution is -2.41. The summed E-state index contributed by atoms with van der Waals surface area (Å²) >= 11 is 0. The molecule has 1 atom stereocenters. The Bertz CT molecular complexity index is 695. The van der Waals surface area contributed by atoms with Gasteiger partial charge in [0, 0.05) is 12.6 Å². The SMILES string of the molecule is CCN(C1CCS(=O)(=O)C1)S(=O)(=O)c1ccccc1C. The second-order valence-corrected chi connectivity index (χ2v) is 9.12. The van der Waals surface area contributed by atoms with Crippen LogP contribution in [0.25, 0.3) is 0 Å². The van der Waals surface area contributed by atoms with E-state index in [2.05, 4.69) is 0 Å². The normalized spacial score (nSPS) is 22.2. The summed E-state index contributed by atoms with van der Waals surface area (Å²) in [6, 6.07) is 6.32. The molecule has 0 bridgehead atoms. The number of benzene rings is 1. The molecule has 0 spiro atoms. The highest BCUT2D eigenvalue weighted by atomic mass is 32.2. The Morgan fingerprint density at radius 1 is 1.30 bits per heavy atom. The van der Waals surface area contributed by atoms with E-state index in [4.69, 9.17) is 0 Å². The van der Waals surface area contributed by atoms with Gasteiger partial charge >= 0.3 is 0 Å². The Labute approximate surface area is 120 Å². The summed E-state index contributed by atoms with van der Waals surface area (Å²) in [7, 11) is -6.76. The monoisotopic (exact) mass is 317 g/mol. The van der Waals surface area contributed by atoms with Gasteiger partial charge in [-0.3, -0.25) is 0 Å². The predicted octanol–water partition coefficient (Wildman–Crippen LogP) is 1.19. The van der Waals surface area contributed by atoms with Crippen LogP contribution in [-0.4, -0.2) is 45.2 Å². The fourth-order valence-electron chi connectivity index (χ4n) is 2.60. The molecule has 0 amide bonds. The first-order valence-electron chi connectivity index (χ1n) is 6.56. The van der Waals surface area contributed by atoms with Crippen LogP contribution in [0.5, 0.6) is 0 Å². The zero-order chi connectivity index (χ0) is 15.0. The smallest absolute Gasteiger partial charge is 0.229 e. The van der Waals surface area contributed by atoms with E-state index in [1.165, 1.54) is 4.31 Å². The lowest BCUT2D eigenvalue weighted by molar-refractivity contribution is 0.354. The van der Waals surface area contributed by atoms with Crippen LogP contribution in [0, 0.1) is 6.92 Å². The van der Waals surface area contributed by atoms with Crippen molar-refractivity contribution >= 4 is 19.9 Å². The topological polar surface area (TPSA) is 71.5 Å². The van der Waals surface area contributed by atoms with E-state index in [9.17, 15) is 16.8 Å². The summed E-state index contributed by atoms with van der Waals surface area (Å²) in [6.07, 6.45) is 0.376. The number of hydrogen-bond donors (Lipinski definition) is 0. The third-order valence-electron chi connectivity index (χ3n) is 3.61. The largest absolute Gasteiger partial charge is 0.243 e. The first-order valence-corrected chi connectivity index (χ1v) is 9.82. The second-order valence-electron chi connectivity index (χ2n) is 5.03. The van der Waals surface area contributed by atoms with Crippen LogP contribution >= 0.6 is 0 Å². The van der Waals surface area contributed by atoms with Crippen LogP contribution < -0.4 is 0 Å². The quantitative estimate of drug-likeness (QED) is 0.836. The maximum absolute atomic E-state index is 12.7. The molecule has 112 valence electrons. The molecule has 1 aromatic rings. The standard InChI is InChI=1S/C13H19NO4S2/c1-3-14(12-8-9-19(15,16)10-12)20(17,18)13-7-5-4-6-11(13)2/h4-7,12H,3,8-10H2,1-2H3. The van der Waals surface area contributed by atoms with Gasteiger partial charge in [-0.1, -0.05) is 25.1 Å². The maximum atomic E-state index is 12.7. The van der Waals surface area contributed by atoms with Gasteiger partial charge in [0.15, 0.2) is 9.84 Å². The Morgan fingerprint density at radius 3 is 2.45 bits per heavy atom. The summed E-state index contributed by atoms with van der Waals surface area (Å²) in [4.78, 5) is 0.256. The number of rotatable bonds is 4. The van der Waals surface area contributed by atoms with Gasteiger partial charge in [-0.25, -0.2) is 16.8 Å². The Kier molecular flexibility index (Phi) is 4.22. The van der Waals surface area contributed by atoms with Gasteiger partial charge in [0.1, 0.15) is 0 Å². The fourth-order valence-corrected chi connectivity index (χ4v) is 6.31. The zero-order valence-electron chi connectivity index (χ0n) is 11.6. The minimum atomic E-state index is -3.65. The molecule has 0 saturated carbocycles. The maximum Gasteiger partial charge on any atom is 0.243 e. The number of sulfone groups is 1. The van der Waals surface area contributed by atoms with Gasteiger partial charge in [0.05, 0.1) is 16.4 Å². The van der Waals surface area contributed by atoms with Gasteiger partial charge in [0.25, 0.3) is 0 Å². The highest BCUT2D eigenvalue weighted by Gasteiger charge is 2.38. The van der Waals surface area contributed by atoms with Gasteiger partial charge in [0.2, 0.25) is 10.0 Å². The Hall–Kier alpha value is -0.920. The minimum absolute atomic E-state index is 0.0669. The molecule has 0 N–H and O–H groups in total. The summed E-state index contributed by atoms with van der Waals surface area (Å²) in [6.45, 7) is 3.75. The zero-order valence-corrected chi connectivity index (χ0v) is 13.2. The van der Waals surface area contributed by atoms with Gasteiger partial charge < -0.3 is 0 Å². The molecule has 1 heterocycles. The summed E-state index contributed by atoms with van der Waals surface area (Å²) in [5, 5.41) is 0. The van der Waals surface area contributed by atoms with Crippen molar-refractivity contribution in [2.75, 3.05) is 18.1 Å². The number of sulfonamides is 1. The molecule has 0 aromatic heterocycles. The van der Waals surface area contributed by atoms with Gasteiger partial charge in [-0.2, -0.15) is 4.31 Å². The van der Waals surface area contributed by atoms with Crippen molar-refractivity contribution in [1.29, 1.82) is 0 Å². The highest BCUT2D eigenvalue weighted by Crippen LogP contribution is 2.26. The van der Waals surface area contributed by atoms with Crippen LogP contribution in [0.4, 0.5) is 0 Å². The van der Waals surface area contributed by atoms with Crippen molar-refractivity contribution in [2.45, 2.75) is 31.2 Å². The molecule has 2 rings (SSSR count). The van der Waals surface area contributed by atoms with E-state index < -0.39 is 25.9 Å². The molecule has 1 fully saturated rings. The van der Waals surface area contributed by atoms with E-state index in [1.807, 2.05) is 0 Å². The minimum Gasteiger partial charge on any atom is -0.229 e. The van der Waals surface area contributed by atoms with E-state index in [0.717, 1.165) is 0 Å². The van der Waals surface area contributed by atoms with Crippen LogP contribution in [0.3, 0.4) is 0 Å². The van der Waals surface area contributed by atoms with Gasteiger partial charge in [-0.15, -0.1) is 0 Å². The number of nitrogens with zero attached hydrogens (tertiary/aromatic N) is 1. The molecule has 1 saturated heterocycles. The fraction of sp³-hybridized carbons (Fsp3) is 0.538. The van der Waals surface area contributed by atoms with Crippen molar-refractivity contribution in [3.8, 4) is 0 Å². The molecule has 1 aliphatic rings. The summed E-state index contributed by atoms with van der Waals surface area (Å²) in [5.74, 6) is -0.0105. The van der Waals surface area contributed by atoms with Gasteiger partial charge in [-0.05, 0) is 25.0 Å². The third kappa shape index (κ3) is 2.89. The van der Waals surface area contributed by atoms with Crippen LogP contribution in [0.1, 0.15) is 18.9 Å². The van der Waals surface area contributed by atoms with Crippen LogP contribution in [-0.2, 0) is 19.9 Å². The lowest BCUT2D eigenvalue weighted by atomic mass is 10.2. The molecule has 0 radical (unpaired) electrons. The highest BCUT2D eigenvalue weighted by molar-refractivity contribution is 7.92. The van der Waals surface area contributed by atoms with Crippen molar-refractivity contribution in [3.63, 3.8) is 0 Å². The van der Waals surface area contributed by atoms with Crippen molar-refractivity contribution in [3.05, 3.63) is 29.8 Å². The van der Waals surface area contributed by atoms with Crippen molar-refractivity contribution in [2.24, 2.45) is 0 Å². The average molecular weight is 317 g/mol. The molecule has 1 aromatic carbocycles. The van der Waals surface area contributed by atoms with Crippen LogP contribution in [0.15, 0.2) is 29.2 Å². The molecule has 20 heavy (non-hydrogen) atoms. The molecule has 1 aliphatic heterocycles. The molecule has 0 aliphatic carbocycles. The molecular formula is C13H19NO4S2. The number of aryl methyl sites for hydroxylation is 1. The second kappa shape index (κ2) is 5.46. The first-order chi connectivity index (χ1) is 9.28. The van der Waals surface area contributed by atoms with Crippen molar-refractivity contribution in [1.82, 2.24) is 4.31 Å². The van der Waals surface area contributed by atoms with Crippen LogP contribution in [0.2, 0.25) is 0 Å². The molecule has 1 unspecified atom stereocenters.